The van der Waals surface area contributed by atoms with E-state index in [0.29, 0.717) is 17.7 Å². The number of benzene rings is 1. The van der Waals surface area contributed by atoms with Gasteiger partial charge in [-0.3, -0.25) is 5.84 Å². The first-order chi connectivity index (χ1) is 9.00. The maximum atomic E-state index is 12.6. The lowest BCUT2D eigenvalue weighted by molar-refractivity contribution is -0.137. The van der Waals surface area contributed by atoms with Crippen LogP contribution in [0, 0.1) is 0 Å². The van der Waals surface area contributed by atoms with Crippen LogP contribution in [0.5, 0.6) is 0 Å². The van der Waals surface area contributed by atoms with Crippen LogP contribution < -0.4 is 11.3 Å². The molecule has 0 spiro atoms. The van der Waals surface area contributed by atoms with Crippen LogP contribution in [0.25, 0.3) is 0 Å². The molecule has 1 unspecified atom stereocenters. The van der Waals surface area contributed by atoms with Gasteiger partial charge in [0.25, 0.3) is 0 Å². The number of hydrazine groups is 1. The molecule has 2 aromatic rings. The molecule has 0 amide bonds. The van der Waals surface area contributed by atoms with Gasteiger partial charge in [0.05, 0.1) is 17.9 Å². The topological polar surface area (TPSA) is 51.2 Å². The Morgan fingerprint density at radius 2 is 2.00 bits per heavy atom. The fourth-order valence-electron chi connectivity index (χ4n) is 1.84. The lowest BCUT2D eigenvalue weighted by Gasteiger charge is -2.14. The lowest BCUT2D eigenvalue weighted by atomic mass is 10.0. The van der Waals surface area contributed by atoms with E-state index in [1.807, 2.05) is 0 Å². The molecule has 0 saturated carbocycles. The van der Waals surface area contributed by atoms with E-state index in [1.54, 1.807) is 18.2 Å². The average Bonchev–Trinajstić information content (AvgIpc) is 2.89. The smallest absolute Gasteiger partial charge is 0.416 e. The fourth-order valence-corrected chi connectivity index (χ4v) is 1.84. The zero-order valence-corrected chi connectivity index (χ0v) is 9.95. The van der Waals surface area contributed by atoms with Crippen molar-refractivity contribution in [2.24, 2.45) is 5.84 Å². The van der Waals surface area contributed by atoms with Crippen molar-refractivity contribution in [3.05, 3.63) is 59.5 Å². The molecule has 3 nitrogen and oxygen atoms in total. The normalized spacial score (nSPS) is 13.5. The summed E-state index contributed by atoms with van der Waals surface area (Å²) in [5.41, 5.74) is 2.41. The van der Waals surface area contributed by atoms with Crippen LogP contribution in [0.2, 0.25) is 0 Å². The van der Waals surface area contributed by atoms with Crippen LogP contribution in [0.1, 0.15) is 22.9 Å². The number of halogens is 3. The number of hydrogen-bond acceptors (Lipinski definition) is 3. The van der Waals surface area contributed by atoms with Gasteiger partial charge >= 0.3 is 6.18 Å². The molecule has 3 N–H and O–H groups in total. The number of alkyl halides is 3. The molecule has 1 aromatic heterocycles. The Kier molecular flexibility index (Phi) is 3.92. The zero-order chi connectivity index (χ0) is 13.9. The number of nitrogens with one attached hydrogen (secondary N) is 1. The van der Waals surface area contributed by atoms with Crippen LogP contribution in [0.15, 0.2) is 47.1 Å². The summed E-state index contributed by atoms with van der Waals surface area (Å²) in [7, 11) is 0. The van der Waals surface area contributed by atoms with Gasteiger partial charge in [-0.2, -0.15) is 13.2 Å². The second kappa shape index (κ2) is 5.46. The van der Waals surface area contributed by atoms with Gasteiger partial charge in [-0.25, -0.2) is 5.43 Å². The van der Waals surface area contributed by atoms with E-state index >= 15 is 0 Å². The molecule has 0 aliphatic heterocycles. The van der Waals surface area contributed by atoms with Crippen LogP contribution >= 0.6 is 0 Å². The maximum absolute atomic E-state index is 12.6. The van der Waals surface area contributed by atoms with Crippen LogP contribution in [0.4, 0.5) is 13.2 Å². The Morgan fingerprint density at radius 1 is 1.21 bits per heavy atom. The monoisotopic (exact) mass is 270 g/mol. The van der Waals surface area contributed by atoms with Gasteiger partial charge in [0.15, 0.2) is 0 Å². The summed E-state index contributed by atoms with van der Waals surface area (Å²) in [5.74, 6) is 5.99. The van der Waals surface area contributed by atoms with E-state index in [4.69, 9.17) is 10.3 Å². The third-order valence-corrected chi connectivity index (χ3v) is 2.78. The third kappa shape index (κ3) is 3.36. The second-order valence-electron chi connectivity index (χ2n) is 4.14. The van der Waals surface area contributed by atoms with Crippen molar-refractivity contribution in [2.75, 3.05) is 0 Å². The fraction of sp³-hybridized carbons (Fsp3) is 0.231. The Labute approximate surface area is 108 Å². The highest BCUT2D eigenvalue weighted by atomic mass is 19.4. The highest BCUT2D eigenvalue weighted by Crippen LogP contribution is 2.30. The Balaban J connectivity index is 2.19. The van der Waals surface area contributed by atoms with Crippen LogP contribution in [-0.2, 0) is 12.6 Å². The van der Waals surface area contributed by atoms with E-state index < -0.39 is 11.7 Å². The van der Waals surface area contributed by atoms with Crippen molar-refractivity contribution in [3.8, 4) is 0 Å². The molecule has 0 saturated heterocycles. The van der Waals surface area contributed by atoms with Gasteiger partial charge in [0, 0.05) is 0 Å². The van der Waals surface area contributed by atoms with Gasteiger partial charge in [-0.1, -0.05) is 18.2 Å². The molecule has 0 radical (unpaired) electrons. The molecule has 6 heteroatoms. The standard InChI is InChI=1S/C13H13F3N2O/c14-13(15,16)10-4-1-3-9(7-10)8-11(18-17)12-5-2-6-19-12/h1-7,11,18H,8,17H2. The minimum atomic E-state index is -4.34. The van der Waals surface area contributed by atoms with Crippen LogP contribution in [-0.4, -0.2) is 0 Å². The zero-order valence-electron chi connectivity index (χ0n) is 9.95. The first-order valence-corrected chi connectivity index (χ1v) is 5.66. The quantitative estimate of drug-likeness (QED) is 0.663. The summed E-state index contributed by atoms with van der Waals surface area (Å²) >= 11 is 0. The molecule has 1 atom stereocenters. The summed E-state index contributed by atoms with van der Waals surface area (Å²) in [6, 6.07) is 8.23. The Morgan fingerprint density at radius 3 is 2.58 bits per heavy atom. The molecule has 19 heavy (non-hydrogen) atoms. The molecule has 0 fully saturated rings. The van der Waals surface area contributed by atoms with Gasteiger partial charge in [0.1, 0.15) is 5.76 Å². The lowest BCUT2D eigenvalue weighted by Crippen LogP contribution is -2.29. The first kappa shape index (κ1) is 13.6. The summed E-state index contributed by atoms with van der Waals surface area (Å²) in [6.07, 6.45) is -2.54. The van der Waals surface area contributed by atoms with Crippen molar-refractivity contribution in [1.82, 2.24) is 5.43 Å². The van der Waals surface area contributed by atoms with E-state index in [-0.39, 0.29) is 6.04 Å². The van der Waals surface area contributed by atoms with Crippen molar-refractivity contribution < 1.29 is 17.6 Å². The van der Waals surface area contributed by atoms with E-state index in [0.717, 1.165) is 12.1 Å². The summed E-state index contributed by atoms with van der Waals surface area (Å²) < 4.78 is 43.0. The third-order valence-electron chi connectivity index (χ3n) is 2.78. The Bertz CT molecular complexity index is 523. The molecular formula is C13H13F3N2O. The maximum Gasteiger partial charge on any atom is 0.416 e. The SMILES string of the molecule is NNC(Cc1cccc(C(F)(F)F)c1)c1ccco1. The number of hydrogen-bond donors (Lipinski definition) is 2. The van der Waals surface area contributed by atoms with Crippen molar-refractivity contribution in [3.63, 3.8) is 0 Å². The number of rotatable bonds is 4. The second-order valence-corrected chi connectivity index (χ2v) is 4.14. The molecule has 1 heterocycles. The van der Waals surface area contributed by atoms with Gasteiger partial charge in [-0.05, 0) is 30.2 Å². The Hall–Kier alpha value is -1.79. The van der Waals surface area contributed by atoms with E-state index in [2.05, 4.69) is 5.43 Å². The number of nitrogens with two attached hydrogens (primary N) is 1. The summed E-state index contributed by atoms with van der Waals surface area (Å²) in [6.45, 7) is 0. The van der Waals surface area contributed by atoms with Crippen molar-refractivity contribution in [1.29, 1.82) is 0 Å². The summed E-state index contributed by atoms with van der Waals surface area (Å²) in [5, 5.41) is 0. The molecular weight excluding hydrogens is 257 g/mol. The number of furan rings is 1. The van der Waals surface area contributed by atoms with Gasteiger partial charge < -0.3 is 4.42 Å². The van der Waals surface area contributed by atoms with Gasteiger partial charge in [-0.15, -0.1) is 0 Å². The first-order valence-electron chi connectivity index (χ1n) is 5.66. The average molecular weight is 270 g/mol. The summed E-state index contributed by atoms with van der Waals surface area (Å²) in [4.78, 5) is 0. The van der Waals surface area contributed by atoms with Crippen LogP contribution in [0.3, 0.4) is 0 Å². The van der Waals surface area contributed by atoms with Gasteiger partial charge in [0.2, 0.25) is 0 Å². The molecule has 1 aromatic carbocycles. The minimum absolute atomic E-state index is 0.313. The molecule has 0 aliphatic carbocycles. The molecule has 102 valence electrons. The highest BCUT2D eigenvalue weighted by molar-refractivity contribution is 5.27. The van der Waals surface area contributed by atoms with E-state index in [9.17, 15) is 13.2 Å². The predicted octanol–water partition coefficient (Wildman–Crippen LogP) is 3.05. The predicted molar refractivity (Wildman–Crippen MR) is 63.9 cm³/mol. The van der Waals surface area contributed by atoms with Crippen molar-refractivity contribution in [2.45, 2.75) is 18.6 Å². The van der Waals surface area contributed by atoms with Crippen molar-refractivity contribution >= 4 is 0 Å². The minimum Gasteiger partial charge on any atom is -0.468 e. The highest BCUT2D eigenvalue weighted by Gasteiger charge is 2.30. The molecule has 0 bridgehead atoms. The molecule has 2 rings (SSSR count). The molecule has 0 aliphatic rings. The van der Waals surface area contributed by atoms with E-state index in [1.165, 1.54) is 12.3 Å². The largest absolute Gasteiger partial charge is 0.468 e.